The zero-order chi connectivity index (χ0) is 18.0. The minimum absolute atomic E-state index is 0.155. The second kappa shape index (κ2) is 7.33. The largest absolute Gasteiger partial charge is 0.495 e. The highest BCUT2D eigenvalue weighted by Gasteiger charge is 2.19. The number of anilines is 1. The molecule has 0 fully saturated rings. The maximum absolute atomic E-state index is 12.6. The van der Waals surface area contributed by atoms with E-state index in [0.29, 0.717) is 21.6 Å². The first-order valence-electron chi connectivity index (χ1n) is 7.61. The minimum atomic E-state index is -0.367. The molecule has 0 bridgehead atoms. The number of aryl methyl sites for hydroxylation is 1. The van der Waals surface area contributed by atoms with Gasteiger partial charge in [-0.1, -0.05) is 29.4 Å². The number of methoxy groups -OCH3 is 1. The van der Waals surface area contributed by atoms with Crippen molar-refractivity contribution in [3.05, 3.63) is 47.1 Å². The van der Waals surface area contributed by atoms with Crippen LogP contribution in [-0.2, 0) is 4.79 Å². The summed E-state index contributed by atoms with van der Waals surface area (Å²) in [4.78, 5) is 12.6. The highest BCUT2D eigenvalue weighted by molar-refractivity contribution is 8.00. The summed E-state index contributed by atoms with van der Waals surface area (Å²) in [7, 11) is 1.54. The van der Waals surface area contributed by atoms with Crippen LogP contribution >= 0.6 is 23.4 Å². The van der Waals surface area contributed by atoms with Gasteiger partial charge < -0.3 is 10.1 Å². The summed E-state index contributed by atoms with van der Waals surface area (Å²) < 4.78 is 7.14. The molecule has 1 aromatic carbocycles. The number of halogens is 1. The van der Waals surface area contributed by atoms with E-state index in [1.807, 2.05) is 42.6 Å². The fourth-order valence-electron chi connectivity index (χ4n) is 2.28. The van der Waals surface area contributed by atoms with Gasteiger partial charge in [-0.15, -0.1) is 10.2 Å². The van der Waals surface area contributed by atoms with Gasteiger partial charge in [-0.25, -0.2) is 0 Å². The highest BCUT2D eigenvalue weighted by atomic mass is 35.5. The Morgan fingerprint density at radius 1 is 1.36 bits per heavy atom. The summed E-state index contributed by atoms with van der Waals surface area (Å²) >= 11 is 7.44. The molecule has 0 aliphatic carbocycles. The maximum atomic E-state index is 12.6. The molecule has 0 aliphatic rings. The summed E-state index contributed by atoms with van der Waals surface area (Å²) in [6.45, 7) is 3.69. The number of benzene rings is 1. The third kappa shape index (κ3) is 3.72. The Morgan fingerprint density at radius 3 is 2.92 bits per heavy atom. The van der Waals surface area contributed by atoms with Crippen LogP contribution in [0.1, 0.15) is 12.5 Å². The number of carbonyl (C=O) groups excluding carboxylic acids is 1. The van der Waals surface area contributed by atoms with Gasteiger partial charge in [-0.05, 0) is 37.6 Å². The number of carbonyl (C=O) groups is 1. The summed E-state index contributed by atoms with van der Waals surface area (Å²) in [5, 5.41) is 12.0. The molecule has 25 heavy (non-hydrogen) atoms. The van der Waals surface area contributed by atoms with E-state index in [4.69, 9.17) is 16.3 Å². The molecule has 0 unspecified atom stereocenters. The lowest BCUT2D eigenvalue weighted by molar-refractivity contribution is -0.115. The number of thioether (sulfide) groups is 1. The smallest absolute Gasteiger partial charge is 0.237 e. The van der Waals surface area contributed by atoms with Crippen molar-refractivity contribution in [3.8, 4) is 5.75 Å². The normalized spacial score (nSPS) is 12.2. The molecule has 2 aromatic heterocycles. The van der Waals surface area contributed by atoms with Crippen LogP contribution in [0.25, 0.3) is 5.65 Å². The molecule has 2 heterocycles. The summed E-state index contributed by atoms with van der Waals surface area (Å²) in [6, 6.07) is 9.14. The van der Waals surface area contributed by atoms with Crippen molar-refractivity contribution in [2.45, 2.75) is 24.3 Å². The monoisotopic (exact) mass is 376 g/mol. The lowest BCUT2D eigenvalue weighted by atomic mass is 10.2. The number of hydrogen-bond donors (Lipinski definition) is 1. The second-order valence-electron chi connectivity index (χ2n) is 5.46. The number of pyridine rings is 1. The van der Waals surface area contributed by atoms with E-state index in [1.165, 1.54) is 18.9 Å². The van der Waals surface area contributed by atoms with E-state index in [0.717, 1.165) is 11.2 Å². The highest BCUT2D eigenvalue weighted by Crippen LogP contribution is 2.32. The SMILES string of the molecule is COc1cc(Cl)c(C)cc1NC(=O)[C@H](C)Sc1nnc2ccccn12. The Bertz CT molecular complexity index is 928. The molecule has 0 radical (unpaired) electrons. The molecular weight excluding hydrogens is 360 g/mol. The van der Waals surface area contributed by atoms with Gasteiger partial charge in [0, 0.05) is 17.3 Å². The van der Waals surface area contributed by atoms with E-state index >= 15 is 0 Å². The topological polar surface area (TPSA) is 68.5 Å². The maximum Gasteiger partial charge on any atom is 0.237 e. The number of nitrogens with one attached hydrogen (secondary N) is 1. The van der Waals surface area contributed by atoms with E-state index in [9.17, 15) is 4.79 Å². The standard InChI is InChI=1S/C17H17ClN4O2S/c1-10-8-13(14(24-3)9-12(10)18)19-16(23)11(2)25-17-21-20-15-6-4-5-7-22(15)17/h4-9,11H,1-3H3,(H,19,23)/t11-/m0/s1. The van der Waals surface area contributed by atoms with Gasteiger partial charge in [0.2, 0.25) is 5.91 Å². The van der Waals surface area contributed by atoms with Gasteiger partial charge in [0.25, 0.3) is 0 Å². The van der Waals surface area contributed by atoms with Crippen LogP contribution in [0.2, 0.25) is 5.02 Å². The van der Waals surface area contributed by atoms with E-state index in [-0.39, 0.29) is 11.2 Å². The van der Waals surface area contributed by atoms with Crippen molar-refractivity contribution in [2.24, 2.45) is 0 Å². The van der Waals surface area contributed by atoms with Crippen LogP contribution in [0.3, 0.4) is 0 Å². The molecule has 3 aromatic rings. The van der Waals surface area contributed by atoms with Crippen LogP contribution in [0.4, 0.5) is 5.69 Å². The lowest BCUT2D eigenvalue weighted by Gasteiger charge is -2.15. The Morgan fingerprint density at radius 2 is 2.16 bits per heavy atom. The predicted molar refractivity (Wildman–Crippen MR) is 99.7 cm³/mol. The minimum Gasteiger partial charge on any atom is -0.495 e. The number of ether oxygens (including phenoxy) is 1. The summed E-state index contributed by atoms with van der Waals surface area (Å²) in [5.41, 5.74) is 2.20. The number of rotatable bonds is 5. The fourth-order valence-corrected chi connectivity index (χ4v) is 3.27. The van der Waals surface area contributed by atoms with Crippen molar-refractivity contribution in [1.29, 1.82) is 0 Å². The average molecular weight is 377 g/mol. The summed E-state index contributed by atoms with van der Waals surface area (Å²) in [6.07, 6.45) is 1.87. The van der Waals surface area contributed by atoms with Crippen LogP contribution in [-0.4, -0.2) is 32.9 Å². The molecular formula is C17H17ClN4O2S. The number of amides is 1. The van der Waals surface area contributed by atoms with Gasteiger partial charge in [0.15, 0.2) is 10.8 Å². The third-order valence-electron chi connectivity index (χ3n) is 3.67. The molecule has 1 atom stereocenters. The van der Waals surface area contributed by atoms with Crippen molar-refractivity contribution in [2.75, 3.05) is 12.4 Å². The molecule has 0 spiro atoms. The first-order chi connectivity index (χ1) is 12.0. The molecule has 3 rings (SSSR count). The third-order valence-corrected chi connectivity index (χ3v) is 5.14. The van der Waals surface area contributed by atoms with Gasteiger partial charge in [0.05, 0.1) is 18.0 Å². The molecule has 0 aliphatic heterocycles. The zero-order valence-electron chi connectivity index (χ0n) is 14.0. The van der Waals surface area contributed by atoms with Crippen LogP contribution in [0, 0.1) is 6.92 Å². The van der Waals surface area contributed by atoms with E-state index in [1.54, 1.807) is 12.1 Å². The first-order valence-corrected chi connectivity index (χ1v) is 8.86. The van der Waals surface area contributed by atoms with Gasteiger partial charge in [-0.3, -0.25) is 9.20 Å². The number of fused-ring (bicyclic) bond motifs is 1. The van der Waals surface area contributed by atoms with Gasteiger partial charge in [-0.2, -0.15) is 0 Å². The van der Waals surface area contributed by atoms with Crippen molar-refractivity contribution < 1.29 is 9.53 Å². The van der Waals surface area contributed by atoms with E-state index < -0.39 is 0 Å². The molecule has 130 valence electrons. The Hall–Kier alpha value is -2.25. The Balaban J connectivity index is 1.76. The molecule has 8 heteroatoms. The van der Waals surface area contributed by atoms with Crippen molar-refractivity contribution >= 4 is 40.6 Å². The van der Waals surface area contributed by atoms with Gasteiger partial charge in [0.1, 0.15) is 5.75 Å². The second-order valence-corrected chi connectivity index (χ2v) is 7.18. The van der Waals surface area contributed by atoms with Crippen LogP contribution in [0.5, 0.6) is 5.75 Å². The molecule has 0 saturated heterocycles. The average Bonchev–Trinajstić information content (AvgIpc) is 3.01. The first kappa shape index (κ1) is 17.6. The van der Waals surface area contributed by atoms with Crippen molar-refractivity contribution in [3.63, 3.8) is 0 Å². The van der Waals surface area contributed by atoms with Gasteiger partial charge >= 0.3 is 0 Å². The quantitative estimate of drug-likeness (QED) is 0.685. The lowest BCUT2D eigenvalue weighted by Crippen LogP contribution is -2.23. The number of aromatic nitrogens is 3. The zero-order valence-corrected chi connectivity index (χ0v) is 15.6. The van der Waals surface area contributed by atoms with Crippen LogP contribution in [0.15, 0.2) is 41.7 Å². The Labute approximate surface area is 154 Å². The van der Waals surface area contributed by atoms with E-state index in [2.05, 4.69) is 15.5 Å². The Kier molecular flexibility index (Phi) is 5.15. The number of nitrogens with zero attached hydrogens (tertiary/aromatic N) is 3. The number of hydrogen-bond acceptors (Lipinski definition) is 5. The molecule has 0 saturated carbocycles. The van der Waals surface area contributed by atoms with Crippen LogP contribution < -0.4 is 10.1 Å². The van der Waals surface area contributed by atoms with Crippen molar-refractivity contribution in [1.82, 2.24) is 14.6 Å². The molecule has 1 N–H and O–H groups in total. The molecule has 1 amide bonds. The fraction of sp³-hybridized carbons (Fsp3) is 0.235. The predicted octanol–water partition coefficient (Wildman–Crippen LogP) is 3.82. The summed E-state index contributed by atoms with van der Waals surface area (Å²) in [5.74, 6) is 0.367. The molecule has 6 nitrogen and oxygen atoms in total.